The number of hydrogen-bond acceptors (Lipinski definition) is 2. The van der Waals surface area contributed by atoms with Crippen molar-refractivity contribution in [2.45, 2.75) is 6.42 Å². The van der Waals surface area contributed by atoms with Crippen molar-refractivity contribution in [3.8, 4) is 0 Å². The molecule has 0 heterocycles. The van der Waals surface area contributed by atoms with Gasteiger partial charge in [-0.1, -0.05) is 29.3 Å². The molecule has 0 bridgehead atoms. The van der Waals surface area contributed by atoms with Gasteiger partial charge in [0.15, 0.2) is 0 Å². The lowest BCUT2D eigenvalue weighted by molar-refractivity contribution is -0.120. The number of nitrogens with two attached hydrogens (primary N) is 1. The molecule has 0 aliphatic carbocycles. The number of amides is 1. The standard InChI is InChI=1S/C8H8Cl2N2O.ClH/c9-6-2-1-3-7(10)5(6)4-8(13)12-11;/h1-3H,4,11H2,(H,12,13);1H. The van der Waals surface area contributed by atoms with Crippen molar-refractivity contribution in [2.24, 2.45) is 5.84 Å². The van der Waals surface area contributed by atoms with E-state index in [1.54, 1.807) is 18.2 Å². The Morgan fingerprint density at radius 3 is 2.29 bits per heavy atom. The van der Waals surface area contributed by atoms with Crippen LogP contribution in [0.4, 0.5) is 0 Å². The average Bonchev–Trinajstić information content (AvgIpc) is 2.11. The number of benzene rings is 1. The van der Waals surface area contributed by atoms with Crippen LogP contribution in [0.15, 0.2) is 18.2 Å². The van der Waals surface area contributed by atoms with Gasteiger partial charge in [0.05, 0.1) is 6.42 Å². The molecule has 0 atom stereocenters. The fourth-order valence-electron chi connectivity index (χ4n) is 0.913. The molecule has 3 nitrogen and oxygen atoms in total. The molecule has 6 heteroatoms. The molecule has 0 aliphatic heterocycles. The minimum absolute atomic E-state index is 0. The maximum atomic E-state index is 10.9. The first kappa shape index (κ1) is 13.5. The van der Waals surface area contributed by atoms with Crippen molar-refractivity contribution in [3.05, 3.63) is 33.8 Å². The molecule has 0 unspecified atom stereocenters. The van der Waals surface area contributed by atoms with E-state index in [0.29, 0.717) is 15.6 Å². The summed E-state index contributed by atoms with van der Waals surface area (Å²) in [5.41, 5.74) is 2.60. The van der Waals surface area contributed by atoms with Gasteiger partial charge in [0.2, 0.25) is 5.91 Å². The Labute approximate surface area is 97.9 Å². The van der Waals surface area contributed by atoms with E-state index in [4.69, 9.17) is 29.0 Å². The van der Waals surface area contributed by atoms with E-state index in [9.17, 15) is 4.79 Å². The lowest BCUT2D eigenvalue weighted by atomic mass is 10.1. The highest BCUT2D eigenvalue weighted by Gasteiger charge is 2.08. The zero-order chi connectivity index (χ0) is 9.84. The van der Waals surface area contributed by atoms with Crippen LogP contribution < -0.4 is 11.3 Å². The van der Waals surface area contributed by atoms with Crippen LogP contribution in [0.3, 0.4) is 0 Å². The monoisotopic (exact) mass is 254 g/mol. The molecular formula is C8H9Cl3N2O. The van der Waals surface area contributed by atoms with Gasteiger partial charge in [0, 0.05) is 10.0 Å². The third-order valence-corrected chi connectivity index (χ3v) is 2.27. The Hall–Kier alpha value is -0.480. The van der Waals surface area contributed by atoms with Crippen molar-refractivity contribution < 1.29 is 4.79 Å². The number of carbonyl (C=O) groups is 1. The Balaban J connectivity index is 0.00000169. The molecule has 1 amide bonds. The van der Waals surface area contributed by atoms with Gasteiger partial charge in [0.25, 0.3) is 0 Å². The summed E-state index contributed by atoms with van der Waals surface area (Å²) in [4.78, 5) is 10.9. The molecule has 3 N–H and O–H groups in total. The van der Waals surface area contributed by atoms with E-state index in [2.05, 4.69) is 0 Å². The van der Waals surface area contributed by atoms with Crippen LogP contribution >= 0.6 is 35.6 Å². The summed E-state index contributed by atoms with van der Waals surface area (Å²) in [5.74, 6) is 4.61. The van der Waals surface area contributed by atoms with Gasteiger partial charge in [-0.3, -0.25) is 10.2 Å². The maximum absolute atomic E-state index is 10.9. The fourth-order valence-corrected chi connectivity index (χ4v) is 1.44. The van der Waals surface area contributed by atoms with Crippen LogP contribution in [0, 0.1) is 0 Å². The van der Waals surface area contributed by atoms with Crippen LogP contribution in [-0.2, 0) is 11.2 Å². The molecule has 1 aromatic carbocycles. The second-order valence-electron chi connectivity index (χ2n) is 2.44. The summed E-state index contributed by atoms with van der Waals surface area (Å²) in [5, 5.41) is 0.937. The molecule has 0 fully saturated rings. The van der Waals surface area contributed by atoms with Gasteiger partial charge >= 0.3 is 0 Å². The lowest BCUT2D eigenvalue weighted by Gasteiger charge is -2.04. The van der Waals surface area contributed by atoms with E-state index in [1.165, 1.54) is 0 Å². The first-order chi connectivity index (χ1) is 6.15. The predicted molar refractivity (Wildman–Crippen MR) is 59.7 cm³/mol. The molecule has 0 aromatic heterocycles. The largest absolute Gasteiger partial charge is 0.294 e. The van der Waals surface area contributed by atoms with Gasteiger partial charge in [-0.15, -0.1) is 12.4 Å². The smallest absolute Gasteiger partial charge is 0.238 e. The van der Waals surface area contributed by atoms with Gasteiger partial charge in [-0.05, 0) is 17.7 Å². The third kappa shape index (κ3) is 3.35. The zero-order valence-corrected chi connectivity index (χ0v) is 9.42. The zero-order valence-electron chi connectivity index (χ0n) is 7.09. The SMILES string of the molecule is Cl.NNC(=O)Cc1c(Cl)cccc1Cl. The Kier molecular flexibility index (Phi) is 5.88. The van der Waals surface area contributed by atoms with E-state index in [1.807, 2.05) is 5.43 Å². The molecule has 0 radical (unpaired) electrons. The highest BCUT2D eigenvalue weighted by Crippen LogP contribution is 2.24. The van der Waals surface area contributed by atoms with Gasteiger partial charge in [0.1, 0.15) is 0 Å². The van der Waals surface area contributed by atoms with Crippen molar-refractivity contribution >= 4 is 41.5 Å². The van der Waals surface area contributed by atoms with Gasteiger partial charge < -0.3 is 0 Å². The topological polar surface area (TPSA) is 55.1 Å². The second-order valence-corrected chi connectivity index (χ2v) is 3.26. The Morgan fingerprint density at radius 2 is 1.86 bits per heavy atom. The summed E-state index contributed by atoms with van der Waals surface area (Å²) < 4.78 is 0. The number of hydrazine groups is 1. The number of hydrogen-bond donors (Lipinski definition) is 2. The maximum Gasteiger partial charge on any atom is 0.238 e. The highest BCUT2D eigenvalue weighted by molar-refractivity contribution is 6.36. The van der Waals surface area contributed by atoms with Crippen LogP contribution in [-0.4, -0.2) is 5.91 Å². The Morgan fingerprint density at radius 1 is 1.36 bits per heavy atom. The first-order valence-electron chi connectivity index (χ1n) is 3.57. The molecule has 1 rings (SSSR count). The van der Waals surface area contributed by atoms with Crippen LogP contribution in [0.2, 0.25) is 10.0 Å². The number of halogens is 3. The van der Waals surface area contributed by atoms with Crippen LogP contribution in [0.25, 0.3) is 0 Å². The Bertz CT molecular complexity index is 310. The van der Waals surface area contributed by atoms with E-state index >= 15 is 0 Å². The summed E-state index contributed by atoms with van der Waals surface area (Å²) in [7, 11) is 0. The minimum Gasteiger partial charge on any atom is -0.294 e. The highest BCUT2D eigenvalue weighted by atomic mass is 35.5. The third-order valence-electron chi connectivity index (χ3n) is 1.56. The van der Waals surface area contributed by atoms with Crippen molar-refractivity contribution in [3.63, 3.8) is 0 Å². The molecule has 0 saturated heterocycles. The molecule has 14 heavy (non-hydrogen) atoms. The summed E-state index contributed by atoms with van der Waals surface area (Å²) in [6, 6.07) is 5.06. The van der Waals surface area contributed by atoms with Crippen molar-refractivity contribution in [2.75, 3.05) is 0 Å². The van der Waals surface area contributed by atoms with Crippen molar-refractivity contribution in [1.82, 2.24) is 5.43 Å². The normalized spacial score (nSPS) is 9.07. The average molecular weight is 256 g/mol. The summed E-state index contributed by atoms with van der Waals surface area (Å²) in [6.45, 7) is 0. The molecular weight excluding hydrogens is 246 g/mol. The molecule has 1 aromatic rings. The van der Waals surface area contributed by atoms with Crippen molar-refractivity contribution in [1.29, 1.82) is 0 Å². The van der Waals surface area contributed by atoms with E-state index in [0.717, 1.165) is 0 Å². The fraction of sp³-hybridized carbons (Fsp3) is 0.125. The van der Waals surface area contributed by atoms with Gasteiger partial charge in [-0.2, -0.15) is 0 Å². The quantitative estimate of drug-likeness (QED) is 0.482. The molecule has 0 spiro atoms. The molecule has 78 valence electrons. The number of carbonyl (C=O) groups excluding carboxylic acids is 1. The molecule has 0 saturated carbocycles. The van der Waals surface area contributed by atoms with Crippen LogP contribution in [0.5, 0.6) is 0 Å². The number of rotatable bonds is 2. The second kappa shape index (κ2) is 6.09. The summed E-state index contributed by atoms with van der Waals surface area (Å²) >= 11 is 11.7. The molecule has 0 aliphatic rings. The first-order valence-corrected chi connectivity index (χ1v) is 4.33. The minimum atomic E-state index is -0.324. The van der Waals surface area contributed by atoms with E-state index in [-0.39, 0.29) is 24.7 Å². The van der Waals surface area contributed by atoms with Crippen LogP contribution in [0.1, 0.15) is 5.56 Å². The van der Waals surface area contributed by atoms with Gasteiger partial charge in [-0.25, -0.2) is 5.84 Å². The van der Waals surface area contributed by atoms with E-state index < -0.39 is 0 Å². The lowest BCUT2D eigenvalue weighted by Crippen LogP contribution is -2.31. The predicted octanol–water partition coefficient (Wildman–Crippen LogP) is 1.95. The number of nitrogens with one attached hydrogen (secondary N) is 1. The summed E-state index contributed by atoms with van der Waals surface area (Å²) in [6.07, 6.45) is 0.0923.